The van der Waals surface area contributed by atoms with Gasteiger partial charge in [-0.3, -0.25) is 0 Å². The lowest BCUT2D eigenvalue weighted by Gasteiger charge is -2.45. The van der Waals surface area contributed by atoms with Crippen LogP contribution in [0.1, 0.15) is 77.2 Å². The summed E-state index contributed by atoms with van der Waals surface area (Å²) in [5.74, 6) is 0.456. The fourth-order valence-corrected chi connectivity index (χ4v) is 6.15. The molecule has 182 valence electrons. The second-order valence-corrected chi connectivity index (χ2v) is 9.76. The maximum absolute atomic E-state index is 15.6. The molecule has 0 atom stereocenters. The number of alkyl halides is 2. The van der Waals surface area contributed by atoms with Crippen LogP contribution in [0.4, 0.5) is 13.2 Å². The van der Waals surface area contributed by atoms with Gasteiger partial charge in [-0.1, -0.05) is 88.4 Å². The van der Waals surface area contributed by atoms with Crippen molar-refractivity contribution in [1.29, 1.82) is 0 Å². The zero-order valence-electron chi connectivity index (χ0n) is 20.3. The summed E-state index contributed by atoms with van der Waals surface area (Å²) in [4.78, 5) is 0. The van der Waals surface area contributed by atoms with Gasteiger partial charge in [-0.2, -0.15) is 8.78 Å². The van der Waals surface area contributed by atoms with Crippen LogP contribution >= 0.6 is 0 Å². The molecular weight excluding hydrogens is 433 g/mol. The van der Waals surface area contributed by atoms with Crippen LogP contribution in [-0.4, -0.2) is 6.61 Å². The first kappa shape index (κ1) is 24.6. The maximum atomic E-state index is 15.6. The van der Waals surface area contributed by atoms with Crippen LogP contribution in [0.5, 0.6) is 5.75 Å². The molecule has 1 fully saturated rings. The topological polar surface area (TPSA) is 9.23 Å². The monoisotopic (exact) mass is 468 g/mol. The van der Waals surface area contributed by atoms with E-state index in [0.29, 0.717) is 22.4 Å². The molecule has 3 aromatic carbocycles. The van der Waals surface area contributed by atoms with E-state index < -0.39 is 6.61 Å². The van der Waals surface area contributed by atoms with E-state index in [4.69, 9.17) is 0 Å². The Balaban J connectivity index is 1.71. The van der Waals surface area contributed by atoms with Gasteiger partial charge in [-0.05, 0) is 65.7 Å². The molecular formula is C30H35F3O. The molecule has 1 saturated carbocycles. The van der Waals surface area contributed by atoms with E-state index in [0.717, 1.165) is 5.39 Å². The number of fused-ring (bicyclic) bond motifs is 1. The van der Waals surface area contributed by atoms with E-state index >= 15 is 4.39 Å². The second-order valence-electron chi connectivity index (χ2n) is 9.76. The summed E-state index contributed by atoms with van der Waals surface area (Å²) in [5, 5.41) is 1.52. The van der Waals surface area contributed by atoms with Gasteiger partial charge in [-0.25, -0.2) is 4.39 Å². The van der Waals surface area contributed by atoms with Gasteiger partial charge in [0.2, 0.25) is 0 Å². The van der Waals surface area contributed by atoms with E-state index in [1.165, 1.54) is 75.5 Å². The van der Waals surface area contributed by atoms with Gasteiger partial charge in [-0.15, -0.1) is 0 Å². The molecule has 1 aliphatic carbocycles. The SMILES string of the molecule is CCCC(CCC)C1(c2ccc3c(F)c(-c4ccc(OC(F)F)cc4)ccc3c2)CCCCC1. The minimum atomic E-state index is -2.88. The molecule has 0 saturated heterocycles. The summed E-state index contributed by atoms with van der Waals surface area (Å²) in [6, 6.07) is 16.3. The molecule has 0 amide bonds. The standard InChI is InChI=1S/C30H35F3O/c1-3-8-23(9-4-2)30(18-6-5-7-19-30)24-13-17-27-22(20-24)12-16-26(28(27)31)21-10-14-25(15-11-21)34-29(32)33/h10-17,20,23,29H,3-9,18-19H2,1-2H3. The molecule has 0 aliphatic heterocycles. The third kappa shape index (κ3) is 4.96. The van der Waals surface area contributed by atoms with Gasteiger partial charge in [0.05, 0.1) is 0 Å². The molecule has 0 N–H and O–H groups in total. The summed E-state index contributed by atoms with van der Waals surface area (Å²) in [6.07, 6.45) is 11.1. The molecule has 1 aliphatic rings. The molecule has 0 spiro atoms. The van der Waals surface area contributed by atoms with E-state index in [2.05, 4.69) is 30.7 Å². The van der Waals surface area contributed by atoms with E-state index in [9.17, 15) is 8.78 Å². The smallest absolute Gasteiger partial charge is 0.387 e. The lowest BCUT2D eigenvalue weighted by atomic mass is 9.60. The highest BCUT2D eigenvalue weighted by Gasteiger charge is 2.40. The predicted octanol–water partition coefficient (Wildman–Crippen LogP) is 9.67. The van der Waals surface area contributed by atoms with Gasteiger partial charge in [0.15, 0.2) is 0 Å². The van der Waals surface area contributed by atoms with E-state index in [1.54, 1.807) is 18.2 Å². The number of hydrogen-bond acceptors (Lipinski definition) is 1. The highest BCUT2D eigenvalue weighted by molar-refractivity contribution is 5.89. The molecule has 4 rings (SSSR count). The van der Waals surface area contributed by atoms with Crippen molar-refractivity contribution in [3.63, 3.8) is 0 Å². The van der Waals surface area contributed by atoms with Gasteiger partial charge >= 0.3 is 6.61 Å². The highest BCUT2D eigenvalue weighted by Crippen LogP contribution is 2.49. The third-order valence-corrected chi connectivity index (χ3v) is 7.72. The van der Waals surface area contributed by atoms with Crippen molar-refractivity contribution in [3.8, 4) is 16.9 Å². The van der Waals surface area contributed by atoms with Gasteiger partial charge in [0.1, 0.15) is 11.6 Å². The first-order valence-corrected chi connectivity index (χ1v) is 12.8. The zero-order chi connectivity index (χ0) is 24.1. The van der Waals surface area contributed by atoms with Crippen molar-refractivity contribution < 1.29 is 17.9 Å². The highest BCUT2D eigenvalue weighted by atomic mass is 19.3. The molecule has 3 aromatic rings. The average molecular weight is 469 g/mol. The molecule has 0 radical (unpaired) electrons. The fourth-order valence-electron chi connectivity index (χ4n) is 6.15. The van der Waals surface area contributed by atoms with E-state index in [-0.39, 0.29) is 17.0 Å². The zero-order valence-corrected chi connectivity index (χ0v) is 20.3. The number of benzene rings is 3. The maximum Gasteiger partial charge on any atom is 0.387 e. The van der Waals surface area contributed by atoms with Crippen molar-refractivity contribution in [3.05, 3.63) is 66.0 Å². The molecule has 0 unspecified atom stereocenters. The fraction of sp³-hybridized carbons (Fsp3) is 0.467. The Morgan fingerprint density at radius 2 is 1.53 bits per heavy atom. The van der Waals surface area contributed by atoms with Crippen LogP contribution in [0, 0.1) is 11.7 Å². The summed E-state index contributed by atoms with van der Waals surface area (Å²) >= 11 is 0. The Hall–Kier alpha value is -2.49. The first-order valence-electron chi connectivity index (χ1n) is 12.8. The number of halogens is 3. The van der Waals surface area contributed by atoms with Crippen LogP contribution in [0.15, 0.2) is 54.6 Å². The lowest BCUT2D eigenvalue weighted by molar-refractivity contribution is -0.0498. The van der Waals surface area contributed by atoms with Crippen molar-refractivity contribution in [1.82, 2.24) is 0 Å². The molecule has 0 aromatic heterocycles. The predicted molar refractivity (Wildman–Crippen MR) is 134 cm³/mol. The van der Waals surface area contributed by atoms with Gasteiger partial charge < -0.3 is 4.74 Å². The normalized spacial score (nSPS) is 15.9. The summed E-state index contributed by atoms with van der Waals surface area (Å²) in [7, 11) is 0. The Labute approximate surface area is 201 Å². The van der Waals surface area contributed by atoms with Gasteiger partial charge in [0, 0.05) is 10.9 Å². The number of rotatable bonds is 9. The lowest BCUT2D eigenvalue weighted by Crippen LogP contribution is -2.37. The summed E-state index contributed by atoms with van der Waals surface area (Å²) < 4.78 is 44.9. The Morgan fingerprint density at radius 1 is 0.853 bits per heavy atom. The number of ether oxygens (including phenoxy) is 1. The van der Waals surface area contributed by atoms with Crippen molar-refractivity contribution in [2.45, 2.75) is 83.7 Å². The molecule has 0 heterocycles. The van der Waals surface area contributed by atoms with Crippen LogP contribution in [0.3, 0.4) is 0 Å². The van der Waals surface area contributed by atoms with E-state index in [1.807, 2.05) is 12.1 Å². The van der Waals surface area contributed by atoms with Gasteiger partial charge in [0.25, 0.3) is 0 Å². The largest absolute Gasteiger partial charge is 0.435 e. The Morgan fingerprint density at radius 3 is 2.15 bits per heavy atom. The average Bonchev–Trinajstić information content (AvgIpc) is 2.85. The molecule has 4 heteroatoms. The minimum absolute atomic E-state index is 0.0658. The van der Waals surface area contributed by atoms with Crippen LogP contribution in [0.25, 0.3) is 21.9 Å². The third-order valence-electron chi connectivity index (χ3n) is 7.72. The van der Waals surface area contributed by atoms with Crippen LogP contribution in [0.2, 0.25) is 0 Å². The van der Waals surface area contributed by atoms with Crippen LogP contribution < -0.4 is 4.74 Å². The van der Waals surface area contributed by atoms with Crippen molar-refractivity contribution >= 4 is 10.8 Å². The molecule has 34 heavy (non-hydrogen) atoms. The van der Waals surface area contributed by atoms with Crippen LogP contribution in [-0.2, 0) is 5.41 Å². The van der Waals surface area contributed by atoms with Crippen molar-refractivity contribution in [2.24, 2.45) is 5.92 Å². The minimum Gasteiger partial charge on any atom is -0.435 e. The Kier molecular flexibility index (Phi) is 7.85. The van der Waals surface area contributed by atoms with Crippen molar-refractivity contribution in [2.75, 3.05) is 0 Å². The number of hydrogen-bond donors (Lipinski definition) is 0. The molecule has 0 bridgehead atoms. The summed E-state index contributed by atoms with van der Waals surface area (Å²) in [5.41, 5.74) is 2.66. The summed E-state index contributed by atoms with van der Waals surface area (Å²) in [6.45, 7) is 1.69. The quantitative estimate of drug-likeness (QED) is 0.304. The second kappa shape index (κ2) is 10.8. The Bertz CT molecular complexity index is 1080. The molecule has 1 nitrogen and oxygen atoms in total. The first-order chi connectivity index (χ1) is 16.5.